The van der Waals surface area contributed by atoms with Gasteiger partial charge in [0.15, 0.2) is 5.96 Å². The van der Waals surface area contributed by atoms with Gasteiger partial charge in [0.25, 0.3) is 0 Å². The van der Waals surface area contributed by atoms with Crippen molar-refractivity contribution in [1.82, 2.24) is 20.4 Å². The van der Waals surface area contributed by atoms with Crippen LogP contribution < -0.4 is 15.4 Å². The molecule has 0 radical (unpaired) electrons. The molecule has 7 heteroatoms. The van der Waals surface area contributed by atoms with Crippen LogP contribution in [0.3, 0.4) is 0 Å². The Balaban J connectivity index is 1.42. The molecule has 2 aliphatic heterocycles. The Kier molecular flexibility index (Phi) is 9.63. The molecule has 0 aliphatic carbocycles. The standard InChI is InChI=1S/C25H43N5O2/c1-19(2)30-17-20(3)24(18-30)28-25(26-4)27-16-21-7-6-8-23(15-21)32-14-11-29(5)22-9-12-31-13-10-22/h6-8,15,19-20,22,24H,9-14,16-18H2,1-5H3,(H2,26,27,28). The second-order valence-electron chi connectivity index (χ2n) is 9.52. The van der Waals surface area contributed by atoms with Crippen molar-refractivity contribution >= 4 is 5.96 Å². The van der Waals surface area contributed by atoms with Gasteiger partial charge in [-0.05, 0) is 57.4 Å². The minimum absolute atomic E-state index is 0.422. The maximum atomic E-state index is 6.05. The molecular formula is C25H43N5O2. The van der Waals surface area contributed by atoms with Crippen LogP contribution in [0.4, 0.5) is 0 Å². The number of likely N-dealkylation sites (tertiary alicyclic amines) is 1. The molecule has 2 fully saturated rings. The number of hydrogen-bond acceptors (Lipinski definition) is 5. The molecule has 0 aromatic heterocycles. The fourth-order valence-electron chi connectivity index (χ4n) is 4.53. The lowest BCUT2D eigenvalue weighted by atomic mass is 10.1. The van der Waals surface area contributed by atoms with E-state index in [2.05, 4.69) is 71.4 Å². The third-order valence-electron chi connectivity index (χ3n) is 6.80. The summed E-state index contributed by atoms with van der Waals surface area (Å²) in [5.41, 5.74) is 1.19. The Labute approximate surface area is 194 Å². The van der Waals surface area contributed by atoms with Crippen molar-refractivity contribution in [3.8, 4) is 5.75 Å². The number of aliphatic imine (C=N–C) groups is 1. The summed E-state index contributed by atoms with van der Waals surface area (Å²) in [6.07, 6.45) is 2.23. The van der Waals surface area contributed by atoms with Gasteiger partial charge in [-0.1, -0.05) is 19.1 Å². The number of nitrogens with zero attached hydrogens (tertiary/aromatic N) is 3. The molecule has 0 spiro atoms. The summed E-state index contributed by atoms with van der Waals surface area (Å²) in [6, 6.07) is 9.95. The molecule has 2 atom stereocenters. The minimum Gasteiger partial charge on any atom is -0.492 e. The molecule has 32 heavy (non-hydrogen) atoms. The third kappa shape index (κ3) is 7.36. The Morgan fingerprint density at radius 1 is 1.28 bits per heavy atom. The maximum absolute atomic E-state index is 6.05. The number of benzene rings is 1. The topological polar surface area (TPSA) is 61.4 Å². The molecule has 0 amide bonds. The molecule has 2 aliphatic rings. The van der Waals surface area contributed by atoms with Crippen molar-refractivity contribution in [2.75, 3.05) is 53.6 Å². The highest BCUT2D eigenvalue weighted by molar-refractivity contribution is 5.80. The summed E-state index contributed by atoms with van der Waals surface area (Å²) < 4.78 is 11.5. The fraction of sp³-hybridized carbons (Fsp3) is 0.720. The van der Waals surface area contributed by atoms with Gasteiger partial charge < -0.3 is 20.1 Å². The van der Waals surface area contributed by atoms with Gasteiger partial charge in [0.1, 0.15) is 12.4 Å². The number of hydrogen-bond donors (Lipinski definition) is 2. The molecule has 1 aromatic carbocycles. The zero-order valence-electron chi connectivity index (χ0n) is 20.6. The lowest BCUT2D eigenvalue weighted by Crippen LogP contribution is -2.46. The molecule has 0 bridgehead atoms. The van der Waals surface area contributed by atoms with Gasteiger partial charge in [-0.25, -0.2) is 0 Å². The van der Waals surface area contributed by atoms with Gasteiger partial charge >= 0.3 is 0 Å². The van der Waals surface area contributed by atoms with Crippen LogP contribution in [-0.2, 0) is 11.3 Å². The zero-order chi connectivity index (χ0) is 22.9. The molecular weight excluding hydrogens is 402 g/mol. The lowest BCUT2D eigenvalue weighted by Gasteiger charge is -2.31. The second-order valence-corrected chi connectivity index (χ2v) is 9.52. The number of nitrogens with one attached hydrogen (secondary N) is 2. The normalized spacial score (nSPS) is 23.2. The van der Waals surface area contributed by atoms with E-state index in [4.69, 9.17) is 9.47 Å². The van der Waals surface area contributed by atoms with E-state index in [0.717, 1.165) is 57.4 Å². The summed E-state index contributed by atoms with van der Waals surface area (Å²) in [4.78, 5) is 9.36. The maximum Gasteiger partial charge on any atom is 0.191 e. The summed E-state index contributed by atoms with van der Waals surface area (Å²) in [7, 11) is 4.02. The van der Waals surface area contributed by atoms with Crippen molar-refractivity contribution in [2.24, 2.45) is 10.9 Å². The fourth-order valence-corrected chi connectivity index (χ4v) is 4.53. The van der Waals surface area contributed by atoms with Crippen LogP contribution in [0.2, 0.25) is 0 Å². The Morgan fingerprint density at radius 2 is 2.06 bits per heavy atom. The van der Waals surface area contributed by atoms with E-state index in [1.165, 1.54) is 5.56 Å². The molecule has 2 heterocycles. The predicted octanol–water partition coefficient (Wildman–Crippen LogP) is 2.57. The van der Waals surface area contributed by atoms with Gasteiger partial charge in [-0.2, -0.15) is 0 Å². The van der Waals surface area contributed by atoms with Gasteiger partial charge in [0.2, 0.25) is 0 Å². The van der Waals surface area contributed by atoms with Crippen molar-refractivity contribution < 1.29 is 9.47 Å². The average Bonchev–Trinajstić information content (AvgIpc) is 3.18. The second kappa shape index (κ2) is 12.4. The van der Waals surface area contributed by atoms with Crippen molar-refractivity contribution in [2.45, 2.75) is 58.3 Å². The first-order valence-electron chi connectivity index (χ1n) is 12.2. The molecule has 7 nitrogen and oxygen atoms in total. The number of likely N-dealkylation sites (N-methyl/N-ethyl adjacent to an activating group) is 1. The molecule has 3 rings (SSSR count). The highest BCUT2D eigenvalue weighted by Crippen LogP contribution is 2.19. The highest BCUT2D eigenvalue weighted by atomic mass is 16.5. The first-order chi connectivity index (χ1) is 15.5. The zero-order valence-corrected chi connectivity index (χ0v) is 20.6. The Morgan fingerprint density at radius 3 is 2.75 bits per heavy atom. The van der Waals surface area contributed by atoms with E-state index in [0.29, 0.717) is 37.2 Å². The van der Waals surface area contributed by atoms with Crippen molar-refractivity contribution in [3.63, 3.8) is 0 Å². The van der Waals surface area contributed by atoms with Gasteiger partial charge in [-0.3, -0.25) is 14.8 Å². The largest absolute Gasteiger partial charge is 0.492 e. The van der Waals surface area contributed by atoms with E-state index >= 15 is 0 Å². The van der Waals surface area contributed by atoms with Crippen LogP contribution in [0.1, 0.15) is 39.2 Å². The minimum atomic E-state index is 0.422. The summed E-state index contributed by atoms with van der Waals surface area (Å²) in [5, 5.41) is 7.08. The molecule has 2 N–H and O–H groups in total. The van der Waals surface area contributed by atoms with E-state index in [9.17, 15) is 0 Å². The summed E-state index contributed by atoms with van der Waals surface area (Å²) in [6.45, 7) is 13.1. The van der Waals surface area contributed by atoms with Crippen molar-refractivity contribution in [1.29, 1.82) is 0 Å². The molecule has 2 saturated heterocycles. The first kappa shape index (κ1) is 24.8. The van der Waals surface area contributed by atoms with Gasteiger partial charge in [0.05, 0.1) is 0 Å². The number of ether oxygens (including phenoxy) is 2. The van der Waals surface area contributed by atoms with Crippen LogP contribution in [0.5, 0.6) is 5.75 Å². The van der Waals surface area contributed by atoms with Crippen LogP contribution in [-0.4, -0.2) is 87.4 Å². The van der Waals surface area contributed by atoms with Crippen LogP contribution >= 0.6 is 0 Å². The monoisotopic (exact) mass is 445 g/mol. The van der Waals surface area contributed by atoms with E-state index in [1.54, 1.807) is 0 Å². The number of rotatable bonds is 9. The van der Waals surface area contributed by atoms with E-state index in [1.807, 2.05) is 13.1 Å². The quantitative estimate of drug-likeness (QED) is 0.450. The smallest absolute Gasteiger partial charge is 0.191 e. The Hall–Kier alpha value is -1.83. The third-order valence-corrected chi connectivity index (χ3v) is 6.80. The Bertz CT molecular complexity index is 720. The summed E-state index contributed by atoms with van der Waals surface area (Å²) in [5.74, 6) is 2.38. The first-order valence-corrected chi connectivity index (χ1v) is 12.2. The van der Waals surface area contributed by atoms with E-state index < -0.39 is 0 Å². The number of guanidine groups is 1. The average molecular weight is 446 g/mol. The highest BCUT2D eigenvalue weighted by Gasteiger charge is 2.31. The predicted molar refractivity (Wildman–Crippen MR) is 131 cm³/mol. The van der Waals surface area contributed by atoms with E-state index in [-0.39, 0.29) is 0 Å². The van der Waals surface area contributed by atoms with Crippen molar-refractivity contribution in [3.05, 3.63) is 29.8 Å². The van der Waals surface area contributed by atoms with Gasteiger partial charge in [0, 0.05) is 64.6 Å². The molecule has 0 saturated carbocycles. The van der Waals surface area contributed by atoms with Crippen LogP contribution in [0.15, 0.2) is 29.3 Å². The molecule has 1 aromatic rings. The van der Waals surface area contributed by atoms with Crippen LogP contribution in [0, 0.1) is 5.92 Å². The summed E-state index contributed by atoms with van der Waals surface area (Å²) >= 11 is 0. The lowest BCUT2D eigenvalue weighted by molar-refractivity contribution is 0.0392. The SMILES string of the molecule is CN=C(NCc1cccc(OCCN(C)C2CCOCC2)c1)NC1CN(C(C)C)CC1C. The van der Waals surface area contributed by atoms with Crippen LogP contribution in [0.25, 0.3) is 0 Å². The van der Waals surface area contributed by atoms with Gasteiger partial charge in [-0.15, -0.1) is 0 Å². The molecule has 180 valence electrons. The molecule has 2 unspecified atom stereocenters.